The molecule has 1 aliphatic carbocycles. The van der Waals surface area contributed by atoms with Crippen molar-refractivity contribution in [3.05, 3.63) is 35.1 Å². The van der Waals surface area contributed by atoms with E-state index in [-0.39, 0.29) is 6.79 Å². The van der Waals surface area contributed by atoms with Gasteiger partial charge in [-0.25, -0.2) is 0 Å². The largest absolute Gasteiger partial charge is 0.466 e. The second-order valence-corrected chi connectivity index (χ2v) is 4.26. The van der Waals surface area contributed by atoms with E-state index in [9.17, 15) is 0 Å². The summed E-state index contributed by atoms with van der Waals surface area (Å²) >= 11 is 0. The minimum atomic E-state index is -0.830. The van der Waals surface area contributed by atoms with Crippen LogP contribution < -0.4 is 0 Å². The molecule has 0 aromatic carbocycles. The number of ether oxygens (including phenoxy) is 4. The smallest absolute Gasteiger partial charge is 0.234 e. The molecule has 1 saturated heterocycles. The molecule has 1 atom stereocenters. The van der Waals surface area contributed by atoms with Crippen molar-refractivity contribution in [2.75, 3.05) is 27.1 Å². The number of hydrogen-bond acceptors (Lipinski definition) is 5. The highest BCUT2D eigenvalue weighted by molar-refractivity contribution is 5.39. The second-order valence-electron chi connectivity index (χ2n) is 4.26. The number of rotatable bonds is 5. The lowest BCUT2D eigenvalue weighted by molar-refractivity contribution is -0.187. The zero-order valence-electron chi connectivity index (χ0n) is 11.1. The van der Waals surface area contributed by atoms with Crippen LogP contribution in [0.4, 0.5) is 0 Å². The summed E-state index contributed by atoms with van der Waals surface area (Å²) in [7, 11) is 1.56. The number of methoxy groups -OCH3 is 1. The van der Waals surface area contributed by atoms with Gasteiger partial charge in [-0.15, -0.1) is 0 Å². The molecule has 0 saturated carbocycles. The molecule has 0 amide bonds. The van der Waals surface area contributed by atoms with E-state index in [0.29, 0.717) is 31.0 Å². The molecule has 0 aromatic heterocycles. The molecule has 5 nitrogen and oxygen atoms in total. The summed E-state index contributed by atoms with van der Waals surface area (Å²) in [5.74, 6) is -0.139. The Bertz CT molecular complexity index is 472. The molecule has 2 aliphatic rings. The maximum atomic E-state index is 9.01. The molecule has 0 aromatic rings. The molecule has 1 unspecified atom stereocenters. The van der Waals surface area contributed by atoms with Crippen LogP contribution in [0.25, 0.3) is 0 Å². The maximum Gasteiger partial charge on any atom is 0.234 e. The fourth-order valence-electron chi connectivity index (χ4n) is 2.17. The first-order valence-electron chi connectivity index (χ1n) is 6.15. The molecule has 1 fully saturated rings. The van der Waals surface area contributed by atoms with Crippen molar-refractivity contribution in [3.8, 4) is 6.07 Å². The van der Waals surface area contributed by atoms with Crippen LogP contribution in [0.3, 0.4) is 0 Å². The Hall–Kier alpha value is -1.61. The second kappa shape index (κ2) is 6.02. The van der Waals surface area contributed by atoms with Gasteiger partial charge >= 0.3 is 0 Å². The van der Waals surface area contributed by atoms with Crippen LogP contribution in [0, 0.1) is 11.3 Å². The van der Waals surface area contributed by atoms with Gasteiger partial charge in [0.15, 0.2) is 12.6 Å². The van der Waals surface area contributed by atoms with E-state index in [1.54, 1.807) is 13.2 Å². The van der Waals surface area contributed by atoms with E-state index >= 15 is 0 Å². The Morgan fingerprint density at radius 3 is 3.11 bits per heavy atom. The average molecular weight is 263 g/mol. The highest BCUT2D eigenvalue weighted by atomic mass is 16.8. The van der Waals surface area contributed by atoms with Gasteiger partial charge in [0, 0.05) is 20.1 Å². The van der Waals surface area contributed by atoms with Crippen LogP contribution >= 0.6 is 0 Å². The molecule has 2 rings (SSSR count). The molecule has 1 heterocycles. The summed E-state index contributed by atoms with van der Waals surface area (Å²) in [6.07, 6.45) is 6.08. The molecular formula is C14H17NO4. The van der Waals surface area contributed by atoms with Crippen LogP contribution in [-0.2, 0) is 18.9 Å². The van der Waals surface area contributed by atoms with Crippen LogP contribution in [0.5, 0.6) is 0 Å². The molecule has 19 heavy (non-hydrogen) atoms. The minimum Gasteiger partial charge on any atom is -0.466 e. The highest BCUT2D eigenvalue weighted by Gasteiger charge is 2.44. The molecule has 0 N–H and O–H groups in total. The number of hydrogen-bond donors (Lipinski definition) is 0. The fraction of sp³-hybridized carbons (Fsp3) is 0.500. The molecule has 1 aliphatic heterocycles. The summed E-state index contributed by atoms with van der Waals surface area (Å²) in [6, 6.07) is 2.12. The Morgan fingerprint density at radius 1 is 1.58 bits per heavy atom. The zero-order valence-corrected chi connectivity index (χ0v) is 11.1. The van der Waals surface area contributed by atoms with Crippen molar-refractivity contribution in [1.29, 1.82) is 5.26 Å². The standard InChI is InChI=1S/C14H17NO4/c1-3-18-14-7-11(6-12(8-15)9-16-2)4-5-13(14)17-10-19-14/h4-6H,3,7,9-10H2,1-2H3. The van der Waals surface area contributed by atoms with E-state index in [4.69, 9.17) is 24.2 Å². The topological polar surface area (TPSA) is 60.7 Å². The van der Waals surface area contributed by atoms with Gasteiger partial charge in [0.1, 0.15) is 0 Å². The predicted molar refractivity (Wildman–Crippen MR) is 67.7 cm³/mol. The Morgan fingerprint density at radius 2 is 2.42 bits per heavy atom. The quantitative estimate of drug-likeness (QED) is 0.710. The van der Waals surface area contributed by atoms with Gasteiger partial charge in [0.2, 0.25) is 5.79 Å². The minimum absolute atomic E-state index is 0.194. The number of allylic oxidation sites excluding steroid dienone is 3. The molecule has 0 spiro atoms. The van der Waals surface area contributed by atoms with Crippen LogP contribution in [0.15, 0.2) is 35.1 Å². The number of fused-ring (bicyclic) bond motifs is 1. The summed E-state index contributed by atoms with van der Waals surface area (Å²) in [4.78, 5) is 0. The zero-order chi connectivity index (χ0) is 13.7. The Balaban J connectivity index is 2.20. The summed E-state index contributed by atoms with van der Waals surface area (Å²) in [5, 5.41) is 9.01. The summed E-state index contributed by atoms with van der Waals surface area (Å²) in [5.41, 5.74) is 1.52. The van der Waals surface area contributed by atoms with Gasteiger partial charge in [0.05, 0.1) is 18.2 Å². The Kier molecular flexibility index (Phi) is 4.38. The van der Waals surface area contributed by atoms with Gasteiger partial charge < -0.3 is 18.9 Å². The van der Waals surface area contributed by atoms with E-state index in [0.717, 1.165) is 5.57 Å². The third-order valence-corrected chi connectivity index (χ3v) is 2.95. The number of nitriles is 1. The van der Waals surface area contributed by atoms with Gasteiger partial charge in [-0.05, 0) is 24.6 Å². The van der Waals surface area contributed by atoms with E-state index in [1.165, 1.54) is 0 Å². The molecule has 102 valence electrons. The van der Waals surface area contributed by atoms with Crippen molar-refractivity contribution < 1.29 is 18.9 Å². The van der Waals surface area contributed by atoms with Crippen LogP contribution in [0.1, 0.15) is 13.3 Å². The van der Waals surface area contributed by atoms with Gasteiger partial charge in [-0.3, -0.25) is 0 Å². The maximum absolute atomic E-state index is 9.01. The average Bonchev–Trinajstić information content (AvgIpc) is 2.81. The first kappa shape index (κ1) is 13.8. The SMILES string of the molecule is CCOC12CC(C=C(C#N)COC)=CC=C1OCO2. The summed E-state index contributed by atoms with van der Waals surface area (Å²) in [6.45, 7) is 2.93. The lowest BCUT2D eigenvalue weighted by Crippen LogP contribution is -2.35. The molecular weight excluding hydrogens is 246 g/mol. The third kappa shape index (κ3) is 2.87. The van der Waals surface area contributed by atoms with Gasteiger partial charge in [-0.2, -0.15) is 5.26 Å². The van der Waals surface area contributed by atoms with Crippen molar-refractivity contribution >= 4 is 0 Å². The molecule has 0 bridgehead atoms. The normalized spacial score (nSPS) is 26.1. The van der Waals surface area contributed by atoms with Crippen molar-refractivity contribution in [3.63, 3.8) is 0 Å². The Labute approximate surface area is 112 Å². The molecule has 5 heteroatoms. The van der Waals surface area contributed by atoms with Crippen LogP contribution in [0.2, 0.25) is 0 Å². The first-order valence-corrected chi connectivity index (χ1v) is 6.15. The lowest BCUT2D eigenvalue weighted by atomic mass is 9.96. The van der Waals surface area contributed by atoms with Crippen molar-refractivity contribution in [1.82, 2.24) is 0 Å². The van der Waals surface area contributed by atoms with Crippen molar-refractivity contribution in [2.45, 2.75) is 19.1 Å². The predicted octanol–water partition coefficient (Wildman–Crippen LogP) is 2.03. The van der Waals surface area contributed by atoms with Gasteiger partial charge in [-0.1, -0.05) is 6.08 Å². The van der Waals surface area contributed by atoms with Gasteiger partial charge in [0.25, 0.3) is 0 Å². The van der Waals surface area contributed by atoms with Crippen molar-refractivity contribution in [2.24, 2.45) is 0 Å². The molecule has 0 radical (unpaired) electrons. The number of nitrogens with zero attached hydrogens (tertiary/aromatic N) is 1. The lowest BCUT2D eigenvalue weighted by Gasteiger charge is -2.29. The highest BCUT2D eigenvalue weighted by Crippen LogP contribution is 2.39. The summed E-state index contributed by atoms with van der Waals surface area (Å²) < 4.78 is 21.7. The fourth-order valence-corrected chi connectivity index (χ4v) is 2.17. The van der Waals surface area contributed by atoms with E-state index < -0.39 is 5.79 Å². The first-order chi connectivity index (χ1) is 9.24. The third-order valence-electron chi connectivity index (χ3n) is 2.95. The van der Waals surface area contributed by atoms with E-state index in [2.05, 4.69) is 6.07 Å². The van der Waals surface area contributed by atoms with E-state index in [1.807, 2.05) is 19.1 Å². The monoisotopic (exact) mass is 263 g/mol. The van der Waals surface area contributed by atoms with Crippen LogP contribution in [-0.4, -0.2) is 32.9 Å².